The fourth-order valence-corrected chi connectivity index (χ4v) is 3.39. The number of nitrogens with one attached hydrogen (secondary N) is 1. The van der Waals surface area contributed by atoms with E-state index in [1.165, 1.54) is 22.3 Å². The first-order valence-electron chi connectivity index (χ1n) is 8.27. The minimum Gasteiger partial charge on any atom is -0.376 e. The normalized spacial score (nSPS) is 17.7. The lowest BCUT2D eigenvalue weighted by atomic mass is 9.82. The minimum absolute atomic E-state index is 0.136. The van der Waals surface area contributed by atoms with Crippen LogP contribution in [0.5, 0.6) is 0 Å². The molecule has 0 saturated carbocycles. The highest BCUT2D eigenvalue weighted by molar-refractivity contribution is 5.53. The maximum Gasteiger partial charge on any atom is 0.0572 e. The molecule has 1 N–H and O–H groups in total. The Hall–Kier alpha value is -2.28. The molecule has 1 nitrogen and oxygen atoms in total. The van der Waals surface area contributed by atoms with E-state index in [1.807, 2.05) is 6.07 Å². The highest BCUT2D eigenvalue weighted by Crippen LogP contribution is 2.39. The van der Waals surface area contributed by atoms with Crippen molar-refractivity contribution in [1.29, 1.82) is 0 Å². The monoisotopic (exact) mass is 303 g/mol. The molecule has 0 amide bonds. The molecular formula is C22H25N. The van der Waals surface area contributed by atoms with Crippen molar-refractivity contribution in [2.24, 2.45) is 0 Å². The van der Waals surface area contributed by atoms with E-state index < -0.39 is 0 Å². The molecule has 0 heterocycles. The number of allylic oxidation sites excluding steroid dienone is 4. The van der Waals surface area contributed by atoms with Crippen LogP contribution < -0.4 is 5.32 Å². The summed E-state index contributed by atoms with van der Waals surface area (Å²) in [6, 6.07) is 19.2. The van der Waals surface area contributed by atoms with Crippen molar-refractivity contribution in [3.8, 4) is 0 Å². The topological polar surface area (TPSA) is 12.0 Å². The first-order chi connectivity index (χ1) is 11.0. The van der Waals surface area contributed by atoms with E-state index in [0.717, 1.165) is 5.69 Å². The molecule has 1 atom stereocenters. The highest BCUT2D eigenvalue weighted by atomic mass is 15.0. The standard InChI is InChI=1S/C22H25N/c1-16-14-15-19(17(16)2)20-12-8-9-13-21(20)22(3,4)23-18-10-6-5-7-11-18/h5-15,19,23H,1-4H3. The van der Waals surface area contributed by atoms with Crippen molar-refractivity contribution >= 4 is 5.69 Å². The zero-order valence-electron chi connectivity index (χ0n) is 14.4. The first-order valence-corrected chi connectivity index (χ1v) is 8.27. The second-order valence-corrected chi connectivity index (χ2v) is 6.91. The van der Waals surface area contributed by atoms with Crippen molar-refractivity contribution < 1.29 is 0 Å². The Morgan fingerprint density at radius 3 is 2.17 bits per heavy atom. The molecule has 1 aliphatic rings. The molecule has 0 bridgehead atoms. The van der Waals surface area contributed by atoms with E-state index in [4.69, 9.17) is 0 Å². The van der Waals surface area contributed by atoms with Gasteiger partial charge in [0.1, 0.15) is 0 Å². The minimum atomic E-state index is -0.136. The quantitative estimate of drug-likeness (QED) is 0.728. The lowest BCUT2D eigenvalue weighted by molar-refractivity contribution is 0.600. The van der Waals surface area contributed by atoms with Crippen molar-refractivity contribution in [2.45, 2.75) is 39.2 Å². The molecule has 2 aromatic carbocycles. The van der Waals surface area contributed by atoms with Gasteiger partial charge in [-0.2, -0.15) is 0 Å². The highest BCUT2D eigenvalue weighted by Gasteiger charge is 2.27. The van der Waals surface area contributed by atoms with Crippen LogP contribution in [0.15, 0.2) is 77.9 Å². The molecule has 0 aromatic heterocycles. The third-order valence-corrected chi connectivity index (χ3v) is 4.83. The van der Waals surface area contributed by atoms with Gasteiger partial charge in [0.2, 0.25) is 0 Å². The second-order valence-electron chi connectivity index (χ2n) is 6.91. The Kier molecular flexibility index (Phi) is 4.12. The molecule has 0 spiro atoms. The van der Waals surface area contributed by atoms with Crippen LogP contribution in [0.1, 0.15) is 44.7 Å². The molecule has 23 heavy (non-hydrogen) atoms. The van der Waals surface area contributed by atoms with Gasteiger partial charge in [0.25, 0.3) is 0 Å². The van der Waals surface area contributed by atoms with E-state index >= 15 is 0 Å². The van der Waals surface area contributed by atoms with Crippen LogP contribution >= 0.6 is 0 Å². The molecular weight excluding hydrogens is 278 g/mol. The molecule has 2 aromatic rings. The Labute approximate surface area is 139 Å². The summed E-state index contributed by atoms with van der Waals surface area (Å²) in [5.74, 6) is 0.392. The van der Waals surface area contributed by atoms with E-state index in [1.54, 1.807) is 0 Å². The lowest BCUT2D eigenvalue weighted by Crippen LogP contribution is -2.29. The van der Waals surface area contributed by atoms with Crippen molar-refractivity contribution in [1.82, 2.24) is 0 Å². The molecule has 118 valence electrons. The van der Waals surface area contributed by atoms with Crippen LogP contribution in [0.2, 0.25) is 0 Å². The van der Waals surface area contributed by atoms with Crippen LogP contribution in [-0.4, -0.2) is 0 Å². The number of benzene rings is 2. The number of rotatable bonds is 4. The predicted molar refractivity (Wildman–Crippen MR) is 99.8 cm³/mol. The van der Waals surface area contributed by atoms with E-state index in [-0.39, 0.29) is 5.54 Å². The van der Waals surface area contributed by atoms with E-state index in [9.17, 15) is 0 Å². The lowest BCUT2D eigenvalue weighted by Gasteiger charge is -2.32. The van der Waals surface area contributed by atoms with E-state index in [2.05, 4.69) is 93.7 Å². The Morgan fingerprint density at radius 1 is 0.870 bits per heavy atom. The van der Waals surface area contributed by atoms with Gasteiger partial charge >= 0.3 is 0 Å². The molecule has 1 aliphatic carbocycles. The van der Waals surface area contributed by atoms with Gasteiger partial charge in [-0.15, -0.1) is 0 Å². The largest absolute Gasteiger partial charge is 0.376 e. The van der Waals surface area contributed by atoms with Gasteiger partial charge in [-0.3, -0.25) is 0 Å². The molecule has 0 radical (unpaired) electrons. The summed E-state index contributed by atoms with van der Waals surface area (Å²) < 4.78 is 0. The summed E-state index contributed by atoms with van der Waals surface area (Å²) in [6.45, 7) is 8.95. The van der Waals surface area contributed by atoms with Gasteiger partial charge in [0.15, 0.2) is 0 Å². The average molecular weight is 303 g/mol. The van der Waals surface area contributed by atoms with Crippen LogP contribution in [0.4, 0.5) is 5.69 Å². The number of para-hydroxylation sites is 1. The van der Waals surface area contributed by atoms with Crippen molar-refractivity contribution in [2.75, 3.05) is 5.32 Å². The molecule has 0 saturated heterocycles. The summed E-state index contributed by atoms with van der Waals surface area (Å²) in [5.41, 5.74) is 6.60. The number of hydrogen-bond donors (Lipinski definition) is 1. The van der Waals surface area contributed by atoms with Crippen LogP contribution in [0.25, 0.3) is 0 Å². The predicted octanol–water partition coefficient (Wildman–Crippen LogP) is 6.02. The summed E-state index contributed by atoms with van der Waals surface area (Å²) in [7, 11) is 0. The van der Waals surface area contributed by atoms with Crippen molar-refractivity contribution in [3.63, 3.8) is 0 Å². The van der Waals surface area contributed by atoms with Crippen LogP contribution in [0.3, 0.4) is 0 Å². The molecule has 1 heteroatoms. The smallest absolute Gasteiger partial charge is 0.0572 e. The molecule has 3 rings (SSSR count). The third kappa shape index (κ3) is 3.10. The summed E-state index contributed by atoms with van der Waals surface area (Å²) in [4.78, 5) is 0. The van der Waals surface area contributed by atoms with Gasteiger partial charge in [-0.25, -0.2) is 0 Å². The van der Waals surface area contributed by atoms with Gasteiger partial charge in [-0.1, -0.05) is 65.8 Å². The van der Waals surface area contributed by atoms with Crippen molar-refractivity contribution in [3.05, 3.63) is 89.0 Å². The zero-order chi connectivity index (χ0) is 16.4. The summed E-state index contributed by atoms with van der Waals surface area (Å²) >= 11 is 0. The maximum absolute atomic E-state index is 3.68. The third-order valence-electron chi connectivity index (χ3n) is 4.83. The van der Waals surface area contributed by atoms with Gasteiger partial charge in [-0.05, 0) is 51.0 Å². The molecule has 0 aliphatic heterocycles. The van der Waals surface area contributed by atoms with Gasteiger partial charge in [0, 0.05) is 11.6 Å². The maximum atomic E-state index is 3.68. The Bertz CT molecular complexity index is 751. The fourth-order valence-electron chi connectivity index (χ4n) is 3.39. The molecule has 0 fully saturated rings. The Balaban J connectivity index is 1.99. The van der Waals surface area contributed by atoms with E-state index in [0.29, 0.717) is 5.92 Å². The number of hydrogen-bond acceptors (Lipinski definition) is 1. The zero-order valence-corrected chi connectivity index (χ0v) is 14.4. The first kappa shape index (κ1) is 15.6. The van der Waals surface area contributed by atoms with Crippen LogP contribution in [0, 0.1) is 0 Å². The SMILES string of the molecule is CC1=C(C)C(c2ccccc2C(C)(C)Nc2ccccc2)C=C1. The second kappa shape index (κ2) is 6.08. The average Bonchev–Trinajstić information content (AvgIpc) is 2.87. The van der Waals surface area contributed by atoms with Gasteiger partial charge in [0.05, 0.1) is 5.54 Å². The summed E-state index contributed by atoms with van der Waals surface area (Å²) in [6.07, 6.45) is 4.57. The summed E-state index contributed by atoms with van der Waals surface area (Å²) in [5, 5.41) is 3.68. The number of anilines is 1. The van der Waals surface area contributed by atoms with Gasteiger partial charge < -0.3 is 5.32 Å². The fraction of sp³-hybridized carbons (Fsp3) is 0.273. The Morgan fingerprint density at radius 2 is 1.52 bits per heavy atom. The van der Waals surface area contributed by atoms with Crippen LogP contribution in [-0.2, 0) is 5.54 Å². The molecule has 1 unspecified atom stereocenters.